The van der Waals surface area contributed by atoms with E-state index in [1.54, 1.807) is 0 Å². The fourth-order valence-electron chi connectivity index (χ4n) is 3.07. The van der Waals surface area contributed by atoms with Crippen molar-refractivity contribution in [1.82, 2.24) is 10.2 Å². The van der Waals surface area contributed by atoms with Crippen molar-refractivity contribution in [2.75, 3.05) is 19.6 Å². The minimum atomic E-state index is -0.705. The Labute approximate surface area is 135 Å². The fraction of sp³-hybridized carbons (Fsp3) is 0.941. The third kappa shape index (κ3) is 6.97. The molecule has 0 aromatic carbocycles. The van der Waals surface area contributed by atoms with Crippen LogP contribution < -0.4 is 5.32 Å². The van der Waals surface area contributed by atoms with Crippen LogP contribution in [0.5, 0.6) is 0 Å². The Hall–Kier alpha value is -0.810. The van der Waals surface area contributed by atoms with E-state index in [-0.39, 0.29) is 12.1 Å². The van der Waals surface area contributed by atoms with Crippen molar-refractivity contribution in [2.45, 2.75) is 78.0 Å². The molecule has 0 spiro atoms. The lowest BCUT2D eigenvalue weighted by molar-refractivity contribution is 0.0205. The number of amides is 1. The second kappa shape index (κ2) is 7.64. The molecule has 2 N–H and O–H groups in total. The summed E-state index contributed by atoms with van der Waals surface area (Å²) in [7, 11) is 0. The average molecular weight is 314 g/mol. The highest BCUT2D eigenvalue weighted by Gasteiger charge is 2.32. The summed E-state index contributed by atoms with van der Waals surface area (Å²) < 4.78 is 5.46. The van der Waals surface area contributed by atoms with Gasteiger partial charge in [0, 0.05) is 25.7 Å². The van der Waals surface area contributed by atoms with Crippen LogP contribution in [0, 0.1) is 5.92 Å². The summed E-state index contributed by atoms with van der Waals surface area (Å²) in [5.74, 6) is 0.460. The molecule has 5 nitrogen and oxygen atoms in total. The number of rotatable bonds is 6. The molecule has 22 heavy (non-hydrogen) atoms. The van der Waals surface area contributed by atoms with Crippen molar-refractivity contribution in [3.8, 4) is 0 Å². The van der Waals surface area contributed by atoms with Gasteiger partial charge in [-0.15, -0.1) is 0 Å². The Morgan fingerprint density at radius 3 is 2.55 bits per heavy atom. The molecule has 1 aliphatic rings. The third-order valence-corrected chi connectivity index (χ3v) is 3.74. The lowest BCUT2D eigenvalue weighted by Crippen LogP contribution is -2.47. The van der Waals surface area contributed by atoms with Crippen LogP contribution in [0.1, 0.15) is 60.8 Å². The van der Waals surface area contributed by atoms with Crippen LogP contribution in [-0.4, -0.2) is 53.0 Å². The number of nitrogens with zero attached hydrogens (tertiary/aromatic N) is 1. The second-order valence-corrected chi connectivity index (χ2v) is 8.20. The Bertz CT molecular complexity index is 361. The molecule has 2 unspecified atom stereocenters. The van der Waals surface area contributed by atoms with E-state index in [0.717, 1.165) is 25.8 Å². The van der Waals surface area contributed by atoms with Gasteiger partial charge in [-0.2, -0.15) is 0 Å². The first-order valence-electron chi connectivity index (χ1n) is 8.43. The Kier molecular flexibility index (Phi) is 6.68. The maximum atomic E-state index is 12.2. The maximum Gasteiger partial charge on any atom is 0.410 e. The molecule has 1 heterocycles. The molecule has 0 aromatic heterocycles. The monoisotopic (exact) mass is 314 g/mol. The first kappa shape index (κ1) is 19.2. The Morgan fingerprint density at radius 2 is 2.00 bits per heavy atom. The van der Waals surface area contributed by atoms with Gasteiger partial charge in [0.05, 0.1) is 5.60 Å². The number of carbonyl (C=O) groups is 1. The molecule has 5 heteroatoms. The van der Waals surface area contributed by atoms with E-state index in [1.165, 1.54) is 0 Å². The molecule has 1 rings (SSSR count). The predicted molar refractivity (Wildman–Crippen MR) is 88.9 cm³/mol. The van der Waals surface area contributed by atoms with Crippen molar-refractivity contribution in [3.63, 3.8) is 0 Å². The van der Waals surface area contributed by atoms with Crippen molar-refractivity contribution < 1.29 is 14.6 Å². The van der Waals surface area contributed by atoms with Crippen LogP contribution in [0.25, 0.3) is 0 Å². The van der Waals surface area contributed by atoms with Gasteiger partial charge in [-0.25, -0.2) is 4.79 Å². The molecule has 1 amide bonds. The van der Waals surface area contributed by atoms with Crippen LogP contribution in [0.2, 0.25) is 0 Å². The summed E-state index contributed by atoms with van der Waals surface area (Å²) in [6, 6.07) is 0.157. The molecule has 130 valence electrons. The standard InChI is InChI=1S/C17H34N2O3/c1-13(2)10-17(6,21)12-18-11-14-8-7-9-19(14)15(20)22-16(3,4)5/h13-14,18,21H,7-12H2,1-6H3. The highest BCUT2D eigenvalue weighted by molar-refractivity contribution is 5.69. The van der Waals surface area contributed by atoms with Gasteiger partial charge in [0.2, 0.25) is 0 Å². The minimum absolute atomic E-state index is 0.157. The molecule has 1 aliphatic heterocycles. The molecule has 0 aliphatic carbocycles. The van der Waals surface area contributed by atoms with Crippen molar-refractivity contribution in [1.29, 1.82) is 0 Å². The number of ether oxygens (including phenoxy) is 1. The van der Waals surface area contributed by atoms with Crippen LogP contribution >= 0.6 is 0 Å². The van der Waals surface area contributed by atoms with E-state index >= 15 is 0 Å². The van der Waals surface area contributed by atoms with E-state index in [9.17, 15) is 9.90 Å². The van der Waals surface area contributed by atoms with Crippen LogP contribution in [0.4, 0.5) is 4.79 Å². The molecular weight excluding hydrogens is 280 g/mol. The molecule has 0 bridgehead atoms. The lowest BCUT2D eigenvalue weighted by Gasteiger charge is -2.30. The van der Waals surface area contributed by atoms with Crippen molar-refractivity contribution >= 4 is 6.09 Å². The number of aliphatic hydroxyl groups is 1. The van der Waals surface area contributed by atoms with Crippen LogP contribution in [0.3, 0.4) is 0 Å². The number of nitrogens with one attached hydrogen (secondary N) is 1. The van der Waals surface area contributed by atoms with Crippen LogP contribution in [-0.2, 0) is 4.74 Å². The summed E-state index contributed by atoms with van der Waals surface area (Å²) in [6.45, 7) is 13.7. The number of hydrogen-bond acceptors (Lipinski definition) is 4. The summed E-state index contributed by atoms with van der Waals surface area (Å²) in [5.41, 5.74) is -1.16. The van der Waals surface area contributed by atoms with E-state index in [1.807, 2.05) is 32.6 Å². The average Bonchev–Trinajstić information content (AvgIpc) is 2.72. The highest BCUT2D eigenvalue weighted by atomic mass is 16.6. The van der Waals surface area contributed by atoms with Gasteiger partial charge >= 0.3 is 6.09 Å². The number of likely N-dealkylation sites (tertiary alicyclic amines) is 1. The zero-order valence-corrected chi connectivity index (χ0v) is 15.1. The molecular formula is C17H34N2O3. The van der Waals surface area contributed by atoms with Gasteiger partial charge in [0.15, 0.2) is 0 Å². The second-order valence-electron chi connectivity index (χ2n) is 8.20. The van der Waals surface area contributed by atoms with Crippen molar-refractivity contribution in [3.05, 3.63) is 0 Å². The molecule has 0 aromatic rings. The van der Waals surface area contributed by atoms with Gasteiger partial charge in [-0.3, -0.25) is 0 Å². The summed E-state index contributed by atoms with van der Waals surface area (Å²) >= 11 is 0. The lowest BCUT2D eigenvalue weighted by atomic mass is 9.94. The maximum absolute atomic E-state index is 12.2. The van der Waals surface area contributed by atoms with Gasteiger partial charge in [0.1, 0.15) is 5.60 Å². The van der Waals surface area contributed by atoms with Gasteiger partial charge < -0.3 is 20.1 Å². The summed E-state index contributed by atoms with van der Waals surface area (Å²) in [4.78, 5) is 14.0. The molecule has 2 atom stereocenters. The Balaban J connectivity index is 2.43. The minimum Gasteiger partial charge on any atom is -0.444 e. The first-order valence-corrected chi connectivity index (χ1v) is 8.43. The van der Waals surface area contributed by atoms with E-state index < -0.39 is 11.2 Å². The summed E-state index contributed by atoms with van der Waals surface area (Å²) in [6.07, 6.45) is 2.53. The molecule has 0 radical (unpaired) electrons. The number of carbonyl (C=O) groups excluding carboxylic acids is 1. The molecule has 1 fully saturated rings. The quantitative estimate of drug-likeness (QED) is 0.791. The zero-order valence-electron chi connectivity index (χ0n) is 15.1. The van der Waals surface area contributed by atoms with E-state index in [0.29, 0.717) is 19.0 Å². The van der Waals surface area contributed by atoms with E-state index in [2.05, 4.69) is 19.2 Å². The predicted octanol–water partition coefficient (Wildman–Crippen LogP) is 2.77. The van der Waals surface area contributed by atoms with Gasteiger partial charge in [0.25, 0.3) is 0 Å². The zero-order chi connectivity index (χ0) is 17.0. The van der Waals surface area contributed by atoms with Crippen LogP contribution in [0.15, 0.2) is 0 Å². The largest absolute Gasteiger partial charge is 0.444 e. The SMILES string of the molecule is CC(C)CC(C)(O)CNCC1CCCN1C(=O)OC(C)(C)C. The fourth-order valence-corrected chi connectivity index (χ4v) is 3.07. The third-order valence-electron chi connectivity index (χ3n) is 3.74. The van der Waals surface area contributed by atoms with Gasteiger partial charge in [-0.05, 0) is 52.9 Å². The summed E-state index contributed by atoms with van der Waals surface area (Å²) in [5, 5.41) is 13.6. The Morgan fingerprint density at radius 1 is 1.36 bits per heavy atom. The molecule has 0 saturated carbocycles. The normalized spacial score (nSPS) is 22.0. The van der Waals surface area contributed by atoms with E-state index in [4.69, 9.17) is 4.74 Å². The smallest absolute Gasteiger partial charge is 0.410 e. The topological polar surface area (TPSA) is 61.8 Å². The highest BCUT2D eigenvalue weighted by Crippen LogP contribution is 2.21. The van der Waals surface area contributed by atoms with Gasteiger partial charge in [-0.1, -0.05) is 13.8 Å². The molecule has 1 saturated heterocycles. The number of hydrogen-bond donors (Lipinski definition) is 2. The first-order chi connectivity index (χ1) is 10.0. The van der Waals surface area contributed by atoms with Crippen molar-refractivity contribution in [2.24, 2.45) is 5.92 Å².